The van der Waals surface area contributed by atoms with Crippen LogP contribution in [0.2, 0.25) is 0 Å². The van der Waals surface area contributed by atoms with Crippen LogP contribution in [0, 0.1) is 5.92 Å². The molecule has 2 aromatic carbocycles. The SMILES string of the molecule is CC(NC(=O)C(C)N1CCC(CO)CC1)c1cccc2ccccc12. The van der Waals surface area contributed by atoms with Crippen LogP contribution in [0.1, 0.15) is 38.3 Å². The molecule has 4 nitrogen and oxygen atoms in total. The predicted molar refractivity (Wildman–Crippen MR) is 101 cm³/mol. The Bertz CT molecular complexity index is 717. The lowest BCUT2D eigenvalue weighted by Crippen LogP contribution is -2.49. The molecule has 0 radical (unpaired) electrons. The Kier molecular flexibility index (Phi) is 5.71. The van der Waals surface area contributed by atoms with Crippen LogP contribution in [0.15, 0.2) is 42.5 Å². The minimum absolute atomic E-state index is 0.0315. The molecule has 3 rings (SSSR count). The zero-order valence-corrected chi connectivity index (χ0v) is 15.1. The molecule has 4 heteroatoms. The van der Waals surface area contributed by atoms with Crippen LogP contribution in [0.3, 0.4) is 0 Å². The topological polar surface area (TPSA) is 52.6 Å². The molecular formula is C21H28N2O2. The largest absolute Gasteiger partial charge is 0.396 e. The summed E-state index contributed by atoms with van der Waals surface area (Å²) in [5, 5.41) is 14.8. The van der Waals surface area contributed by atoms with E-state index in [4.69, 9.17) is 0 Å². The number of carbonyl (C=O) groups is 1. The van der Waals surface area contributed by atoms with Gasteiger partial charge in [0.05, 0.1) is 12.1 Å². The highest BCUT2D eigenvalue weighted by atomic mass is 16.3. The third kappa shape index (κ3) is 4.02. The second kappa shape index (κ2) is 7.98. The predicted octanol–water partition coefficient (Wildman–Crippen LogP) is 3.11. The van der Waals surface area contributed by atoms with Crippen molar-refractivity contribution in [2.75, 3.05) is 19.7 Å². The molecule has 2 unspecified atom stereocenters. The molecule has 2 atom stereocenters. The van der Waals surface area contributed by atoms with Crippen molar-refractivity contribution in [3.05, 3.63) is 48.0 Å². The van der Waals surface area contributed by atoms with E-state index < -0.39 is 0 Å². The summed E-state index contributed by atoms with van der Waals surface area (Å²) in [6.07, 6.45) is 1.93. The van der Waals surface area contributed by atoms with Crippen LogP contribution in [-0.4, -0.2) is 41.7 Å². The number of fused-ring (bicyclic) bond motifs is 1. The van der Waals surface area contributed by atoms with Crippen molar-refractivity contribution < 1.29 is 9.90 Å². The molecule has 134 valence electrons. The Morgan fingerprint density at radius 2 is 1.84 bits per heavy atom. The number of nitrogens with one attached hydrogen (secondary N) is 1. The van der Waals surface area contributed by atoms with Crippen molar-refractivity contribution in [1.82, 2.24) is 10.2 Å². The van der Waals surface area contributed by atoms with Crippen LogP contribution >= 0.6 is 0 Å². The molecule has 1 amide bonds. The smallest absolute Gasteiger partial charge is 0.237 e. The van der Waals surface area contributed by atoms with Crippen molar-refractivity contribution in [2.24, 2.45) is 5.92 Å². The number of aliphatic hydroxyl groups is 1. The zero-order valence-electron chi connectivity index (χ0n) is 15.1. The normalized spacial score (nSPS) is 18.8. The van der Waals surface area contributed by atoms with Gasteiger partial charge in [-0.25, -0.2) is 0 Å². The van der Waals surface area contributed by atoms with Gasteiger partial charge in [-0.15, -0.1) is 0 Å². The molecule has 2 N–H and O–H groups in total. The van der Waals surface area contributed by atoms with E-state index in [1.165, 1.54) is 10.8 Å². The number of aliphatic hydroxyl groups excluding tert-OH is 1. The molecule has 0 aliphatic carbocycles. The summed E-state index contributed by atoms with van der Waals surface area (Å²) in [6.45, 7) is 6.03. The lowest BCUT2D eigenvalue weighted by atomic mass is 9.96. The summed E-state index contributed by atoms with van der Waals surface area (Å²) in [5.74, 6) is 0.462. The summed E-state index contributed by atoms with van der Waals surface area (Å²) in [5.41, 5.74) is 1.15. The molecular weight excluding hydrogens is 312 g/mol. The van der Waals surface area contributed by atoms with E-state index in [1.807, 2.05) is 32.0 Å². The van der Waals surface area contributed by atoms with Gasteiger partial charge in [0.2, 0.25) is 5.91 Å². The number of rotatable bonds is 5. The van der Waals surface area contributed by atoms with Crippen molar-refractivity contribution in [1.29, 1.82) is 0 Å². The third-order valence-corrected chi connectivity index (χ3v) is 5.48. The summed E-state index contributed by atoms with van der Waals surface area (Å²) >= 11 is 0. The van der Waals surface area contributed by atoms with Crippen LogP contribution < -0.4 is 5.32 Å². The molecule has 0 spiro atoms. The molecule has 1 aliphatic rings. The van der Waals surface area contributed by atoms with Crippen LogP contribution in [0.5, 0.6) is 0 Å². The van der Waals surface area contributed by atoms with Gasteiger partial charge in [-0.1, -0.05) is 42.5 Å². The maximum atomic E-state index is 12.7. The number of likely N-dealkylation sites (tertiary alicyclic amines) is 1. The highest BCUT2D eigenvalue weighted by molar-refractivity contribution is 5.87. The van der Waals surface area contributed by atoms with Gasteiger partial charge >= 0.3 is 0 Å². The lowest BCUT2D eigenvalue weighted by Gasteiger charge is -2.35. The zero-order chi connectivity index (χ0) is 17.8. The molecule has 25 heavy (non-hydrogen) atoms. The molecule has 0 saturated carbocycles. The van der Waals surface area contributed by atoms with Crippen molar-refractivity contribution in [3.8, 4) is 0 Å². The number of piperidine rings is 1. The average Bonchev–Trinajstić information content (AvgIpc) is 2.66. The van der Waals surface area contributed by atoms with Gasteiger partial charge in [-0.2, -0.15) is 0 Å². The van der Waals surface area contributed by atoms with E-state index in [0.29, 0.717) is 5.92 Å². The fraction of sp³-hybridized carbons (Fsp3) is 0.476. The van der Waals surface area contributed by atoms with Crippen LogP contribution in [0.4, 0.5) is 0 Å². The summed E-state index contributed by atoms with van der Waals surface area (Å²) < 4.78 is 0. The van der Waals surface area contributed by atoms with Crippen molar-refractivity contribution in [2.45, 2.75) is 38.8 Å². The Morgan fingerprint density at radius 1 is 1.16 bits per heavy atom. The first-order valence-corrected chi connectivity index (χ1v) is 9.23. The molecule has 0 aromatic heterocycles. The Labute approximate surface area is 149 Å². The van der Waals surface area contributed by atoms with E-state index in [0.717, 1.165) is 31.5 Å². The monoisotopic (exact) mass is 340 g/mol. The van der Waals surface area contributed by atoms with Gasteiger partial charge in [0.15, 0.2) is 0 Å². The second-order valence-corrected chi connectivity index (χ2v) is 7.14. The molecule has 1 saturated heterocycles. The van der Waals surface area contributed by atoms with Crippen molar-refractivity contribution >= 4 is 16.7 Å². The lowest BCUT2D eigenvalue weighted by molar-refractivity contribution is -0.127. The first-order valence-electron chi connectivity index (χ1n) is 9.23. The fourth-order valence-electron chi connectivity index (χ4n) is 3.73. The number of amides is 1. The van der Waals surface area contributed by atoms with E-state index >= 15 is 0 Å². The highest BCUT2D eigenvalue weighted by Crippen LogP contribution is 2.24. The molecule has 2 aromatic rings. The Balaban J connectivity index is 1.66. The number of hydrogen-bond acceptors (Lipinski definition) is 3. The van der Waals surface area contributed by atoms with E-state index in [9.17, 15) is 9.90 Å². The minimum atomic E-state index is -0.142. The minimum Gasteiger partial charge on any atom is -0.396 e. The number of hydrogen-bond donors (Lipinski definition) is 2. The van der Waals surface area contributed by atoms with Gasteiger partial charge < -0.3 is 10.4 Å². The molecule has 1 fully saturated rings. The first-order chi connectivity index (χ1) is 12.1. The maximum Gasteiger partial charge on any atom is 0.237 e. The molecule has 1 aliphatic heterocycles. The van der Waals surface area contributed by atoms with Gasteiger partial charge in [-0.3, -0.25) is 9.69 Å². The van der Waals surface area contributed by atoms with Gasteiger partial charge in [-0.05, 0) is 62.0 Å². The number of carbonyl (C=O) groups excluding carboxylic acids is 1. The average molecular weight is 340 g/mol. The first kappa shape index (κ1) is 17.9. The number of nitrogens with zero attached hydrogens (tertiary/aromatic N) is 1. The standard InChI is InChI=1S/C21H28N2O2/c1-15(19-9-5-7-18-6-3-4-8-20(18)19)22-21(25)16(2)23-12-10-17(14-24)11-13-23/h3-9,15-17,24H,10-14H2,1-2H3,(H,22,25). The molecule has 1 heterocycles. The van der Waals surface area contributed by atoms with Gasteiger partial charge in [0.1, 0.15) is 0 Å². The Morgan fingerprint density at radius 3 is 2.56 bits per heavy atom. The maximum absolute atomic E-state index is 12.7. The van der Waals surface area contributed by atoms with Gasteiger partial charge in [0, 0.05) is 6.61 Å². The summed E-state index contributed by atoms with van der Waals surface area (Å²) in [6, 6.07) is 14.3. The summed E-state index contributed by atoms with van der Waals surface area (Å²) in [7, 11) is 0. The van der Waals surface area contributed by atoms with Crippen LogP contribution in [-0.2, 0) is 4.79 Å². The van der Waals surface area contributed by atoms with Gasteiger partial charge in [0.25, 0.3) is 0 Å². The second-order valence-electron chi connectivity index (χ2n) is 7.14. The van der Waals surface area contributed by atoms with E-state index in [-0.39, 0.29) is 24.6 Å². The van der Waals surface area contributed by atoms with E-state index in [2.05, 4.69) is 34.5 Å². The molecule has 0 bridgehead atoms. The number of benzene rings is 2. The third-order valence-electron chi connectivity index (χ3n) is 5.48. The fourth-order valence-corrected chi connectivity index (χ4v) is 3.73. The van der Waals surface area contributed by atoms with Crippen LogP contribution in [0.25, 0.3) is 10.8 Å². The Hall–Kier alpha value is -1.91. The highest BCUT2D eigenvalue weighted by Gasteiger charge is 2.27. The van der Waals surface area contributed by atoms with Crippen molar-refractivity contribution in [3.63, 3.8) is 0 Å². The van der Waals surface area contributed by atoms with E-state index in [1.54, 1.807) is 0 Å². The summed E-state index contributed by atoms with van der Waals surface area (Å²) in [4.78, 5) is 14.9. The quantitative estimate of drug-likeness (QED) is 0.879.